The van der Waals surface area contributed by atoms with Crippen LogP contribution in [0.3, 0.4) is 0 Å². The summed E-state index contributed by atoms with van der Waals surface area (Å²) in [5.41, 5.74) is 0.993. The van der Waals surface area contributed by atoms with Gasteiger partial charge in [0.2, 0.25) is 11.8 Å². The van der Waals surface area contributed by atoms with E-state index >= 15 is 0 Å². The van der Waals surface area contributed by atoms with Gasteiger partial charge in [0, 0.05) is 56.8 Å². The van der Waals surface area contributed by atoms with Gasteiger partial charge in [-0.05, 0) is 55.8 Å². The number of piperazine rings is 1. The number of piperidine rings is 1. The third-order valence-electron chi connectivity index (χ3n) is 8.74. The molecule has 2 amide bonds. The minimum Gasteiger partial charge on any atom is -0.344 e. The molecule has 2 N–H and O–H groups in total. The predicted octanol–water partition coefficient (Wildman–Crippen LogP) is 2.75. The molecule has 1 saturated carbocycles. The molecule has 39 heavy (non-hydrogen) atoms. The Morgan fingerprint density at radius 2 is 1.82 bits per heavy atom. The zero-order valence-electron chi connectivity index (χ0n) is 22.8. The van der Waals surface area contributed by atoms with Crippen LogP contribution in [-0.2, 0) is 22.6 Å². The molecule has 3 heterocycles. The summed E-state index contributed by atoms with van der Waals surface area (Å²) < 4.78 is 1.97. The van der Waals surface area contributed by atoms with Crippen LogP contribution in [0.4, 0.5) is 0 Å². The molecular formula is C29H42ClN7O2. The van der Waals surface area contributed by atoms with E-state index in [1.165, 1.54) is 32.1 Å². The SMILES string of the molecule is O=C(N[C@H](Cc1ccc(Cl)cc1)C(=O)N1CCN(C2CCCCCC2Cn2cncn2)CC1)C1CCCNC1. The summed E-state index contributed by atoms with van der Waals surface area (Å²) in [4.78, 5) is 35.7. The van der Waals surface area contributed by atoms with E-state index in [2.05, 4.69) is 25.6 Å². The fraction of sp³-hybridized carbons (Fsp3) is 0.655. The monoisotopic (exact) mass is 555 g/mol. The van der Waals surface area contributed by atoms with Crippen LogP contribution < -0.4 is 10.6 Å². The lowest BCUT2D eigenvalue weighted by atomic mass is 9.92. The lowest BCUT2D eigenvalue weighted by Crippen LogP contribution is -2.58. The van der Waals surface area contributed by atoms with Crippen molar-refractivity contribution in [3.8, 4) is 0 Å². The van der Waals surface area contributed by atoms with Crippen molar-refractivity contribution in [2.45, 2.75) is 70.0 Å². The quantitative estimate of drug-likeness (QED) is 0.486. The second-order valence-electron chi connectivity index (χ2n) is 11.4. The molecule has 0 radical (unpaired) electrons. The zero-order chi connectivity index (χ0) is 27.0. The number of rotatable bonds is 8. The van der Waals surface area contributed by atoms with Crippen LogP contribution in [0.25, 0.3) is 0 Å². The van der Waals surface area contributed by atoms with Gasteiger partial charge in [0.05, 0.1) is 5.92 Å². The first-order valence-corrected chi connectivity index (χ1v) is 15.1. The summed E-state index contributed by atoms with van der Waals surface area (Å²) in [5, 5.41) is 11.5. The first-order chi connectivity index (χ1) is 19.1. The molecule has 9 nitrogen and oxygen atoms in total. The number of benzene rings is 1. The largest absolute Gasteiger partial charge is 0.344 e. The second kappa shape index (κ2) is 13.7. The summed E-state index contributed by atoms with van der Waals surface area (Å²) in [7, 11) is 0. The number of nitrogens with zero attached hydrogens (tertiary/aromatic N) is 5. The number of halogens is 1. The molecule has 5 rings (SSSR count). The lowest BCUT2D eigenvalue weighted by molar-refractivity contribution is -0.139. The maximum Gasteiger partial charge on any atom is 0.245 e. The smallest absolute Gasteiger partial charge is 0.245 e. The van der Waals surface area contributed by atoms with Crippen molar-refractivity contribution < 1.29 is 9.59 Å². The van der Waals surface area contributed by atoms with Crippen LogP contribution in [0.2, 0.25) is 5.02 Å². The molecule has 4 atom stereocenters. The molecule has 3 aliphatic rings. The second-order valence-corrected chi connectivity index (χ2v) is 11.8. The van der Waals surface area contributed by atoms with Gasteiger partial charge in [0.15, 0.2) is 0 Å². The van der Waals surface area contributed by atoms with Crippen LogP contribution in [0, 0.1) is 11.8 Å². The van der Waals surface area contributed by atoms with Crippen molar-refractivity contribution in [3.63, 3.8) is 0 Å². The molecule has 2 aromatic rings. The lowest BCUT2D eigenvalue weighted by Gasteiger charge is -2.42. The molecule has 1 aromatic carbocycles. The van der Waals surface area contributed by atoms with E-state index in [-0.39, 0.29) is 17.7 Å². The molecule has 2 aliphatic heterocycles. The molecule has 0 spiro atoms. The van der Waals surface area contributed by atoms with Crippen molar-refractivity contribution in [1.82, 2.24) is 35.2 Å². The maximum absolute atomic E-state index is 13.8. The standard InChI is InChI=1S/C29H42ClN7O2/c30-25-10-8-22(9-11-25)17-26(34-28(38)23-6-4-12-31-18-23)29(39)36-15-13-35(14-16-36)27-7-3-1-2-5-24(27)19-37-21-32-20-33-37/h8-11,20-21,23-24,26-27,31H,1-7,12-19H2,(H,34,38)/t23?,24?,26-,27?/m1/s1. The van der Waals surface area contributed by atoms with Crippen LogP contribution in [0.15, 0.2) is 36.9 Å². The molecule has 2 saturated heterocycles. The molecule has 0 bridgehead atoms. The van der Waals surface area contributed by atoms with E-state index in [4.69, 9.17) is 11.6 Å². The number of amides is 2. The minimum atomic E-state index is -0.579. The molecule has 1 aromatic heterocycles. The Labute approximate surface area is 236 Å². The van der Waals surface area contributed by atoms with Gasteiger partial charge in [-0.2, -0.15) is 5.10 Å². The molecule has 3 fully saturated rings. The Morgan fingerprint density at radius 1 is 1.03 bits per heavy atom. The Balaban J connectivity index is 1.23. The number of aromatic nitrogens is 3. The normalized spacial score (nSPS) is 25.6. The van der Waals surface area contributed by atoms with Gasteiger partial charge in [0.25, 0.3) is 0 Å². The van der Waals surface area contributed by atoms with Crippen molar-refractivity contribution in [1.29, 1.82) is 0 Å². The minimum absolute atomic E-state index is 0.0155. The number of nitrogens with one attached hydrogen (secondary N) is 2. The van der Waals surface area contributed by atoms with E-state index in [0.29, 0.717) is 43.0 Å². The topological polar surface area (TPSA) is 95.4 Å². The van der Waals surface area contributed by atoms with E-state index in [1.54, 1.807) is 6.33 Å². The molecule has 1 aliphatic carbocycles. The van der Waals surface area contributed by atoms with Crippen LogP contribution >= 0.6 is 11.6 Å². The summed E-state index contributed by atoms with van der Waals surface area (Å²) in [6.45, 7) is 5.60. The summed E-state index contributed by atoms with van der Waals surface area (Å²) >= 11 is 6.09. The van der Waals surface area contributed by atoms with Crippen LogP contribution in [0.5, 0.6) is 0 Å². The van der Waals surface area contributed by atoms with Gasteiger partial charge in [-0.15, -0.1) is 0 Å². The number of hydrogen-bond donors (Lipinski definition) is 2. The van der Waals surface area contributed by atoms with Crippen molar-refractivity contribution in [2.75, 3.05) is 39.3 Å². The molecule has 212 valence electrons. The summed E-state index contributed by atoms with van der Waals surface area (Å²) in [6.07, 6.45) is 11.9. The highest BCUT2D eigenvalue weighted by atomic mass is 35.5. The number of carbonyl (C=O) groups is 2. The Hall–Kier alpha value is -2.49. The van der Waals surface area contributed by atoms with Gasteiger partial charge in [-0.3, -0.25) is 19.2 Å². The van der Waals surface area contributed by atoms with Crippen molar-refractivity contribution >= 4 is 23.4 Å². The van der Waals surface area contributed by atoms with Gasteiger partial charge in [-0.1, -0.05) is 43.0 Å². The van der Waals surface area contributed by atoms with Gasteiger partial charge >= 0.3 is 0 Å². The van der Waals surface area contributed by atoms with Gasteiger partial charge in [-0.25, -0.2) is 4.98 Å². The third kappa shape index (κ3) is 7.58. The van der Waals surface area contributed by atoms with Crippen LogP contribution in [-0.4, -0.2) is 87.7 Å². The van der Waals surface area contributed by atoms with Gasteiger partial charge in [0.1, 0.15) is 18.7 Å². The molecule has 10 heteroatoms. The number of carbonyl (C=O) groups excluding carboxylic acids is 2. The van der Waals surface area contributed by atoms with E-state index in [9.17, 15) is 9.59 Å². The molecule has 3 unspecified atom stereocenters. The highest BCUT2D eigenvalue weighted by Crippen LogP contribution is 2.29. The first-order valence-electron chi connectivity index (χ1n) is 14.7. The van der Waals surface area contributed by atoms with E-state index in [0.717, 1.165) is 44.6 Å². The zero-order valence-corrected chi connectivity index (χ0v) is 23.6. The van der Waals surface area contributed by atoms with Gasteiger partial charge < -0.3 is 15.5 Å². The Bertz CT molecular complexity index is 1050. The van der Waals surface area contributed by atoms with Crippen molar-refractivity contribution in [2.24, 2.45) is 11.8 Å². The van der Waals surface area contributed by atoms with E-state index in [1.807, 2.05) is 40.2 Å². The Kier molecular flexibility index (Phi) is 9.87. The third-order valence-corrected chi connectivity index (χ3v) is 8.99. The van der Waals surface area contributed by atoms with Crippen LogP contribution in [0.1, 0.15) is 50.5 Å². The first kappa shape index (κ1) is 28.1. The number of hydrogen-bond acceptors (Lipinski definition) is 6. The maximum atomic E-state index is 13.8. The highest BCUT2D eigenvalue weighted by molar-refractivity contribution is 6.30. The fourth-order valence-electron chi connectivity index (χ4n) is 6.54. The average Bonchev–Trinajstić information content (AvgIpc) is 3.38. The average molecular weight is 556 g/mol. The Morgan fingerprint density at radius 3 is 2.54 bits per heavy atom. The predicted molar refractivity (Wildman–Crippen MR) is 151 cm³/mol. The highest BCUT2D eigenvalue weighted by Gasteiger charge is 2.35. The van der Waals surface area contributed by atoms with E-state index < -0.39 is 6.04 Å². The summed E-state index contributed by atoms with van der Waals surface area (Å²) in [6, 6.07) is 7.48. The molecular weight excluding hydrogens is 514 g/mol. The van der Waals surface area contributed by atoms with Crippen molar-refractivity contribution in [3.05, 3.63) is 47.5 Å². The summed E-state index contributed by atoms with van der Waals surface area (Å²) in [5.74, 6) is 0.440. The fourth-order valence-corrected chi connectivity index (χ4v) is 6.67.